The number of aromatic hydroxyl groups is 2. The summed E-state index contributed by atoms with van der Waals surface area (Å²) in [5.74, 6) is -0.904. The van der Waals surface area contributed by atoms with Crippen molar-refractivity contribution in [1.82, 2.24) is 10.9 Å². The van der Waals surface area contributed by atoms with E-state index in [0.717, 1.165) is 17.8 Å². The van der Waals surface area contributed by atoms with Crippen LogP contribution in [0, 0.1) is 0 Å². The van der Waals surface area contributed by atoms with Crippen molar-refractivity contribution < 1.29 is 19.8 Å². The molecule has 2 rings (SSSR count). The van der Waals surface area contributed by atoms with Crippen LogP contribution in [-0.2, 0) is 0 Å². The van der Waals surface area contributed by atoms with Gasteiger partial charge in [0.2, 0.25) is 0 Å². The van der Waals surface area contributed by atoms with Crippen LogP contribution in [0.2, 0.25) is 0 Å². The minimum atomic E-state index is -0.413. The van der Waals surface area contributed by atoms with Crippen LogP contribution in [-0.4, -0.2) is 33.5 Å². The number of hydrogen-bond acceptors (Lipinski definition) is 6. The summed E-state index contributed by atoms with van der Waals surface area (Å²) in [6.45, 7) is 7.31. The Balaban J connectivity index is 0.000000291. The Bertz CT molecular complexity index is 903. The maximum atomic E-state index is 11.5. The van der Waals surface area contributed by atoms with Gasteiger partial charge in [0.05, 0.1) is 11.1 Å². The molecule has 8 heteroatoms. The molecule has 0 aromatic heterocycles. The van der Waals surface area contributed by atoms with Crippen LogP contribution in [0.25, 0.3) is 0 Å². The molecule has 0 unspecified atom stereocenters. The Morgan fingerprint density at radius 2 is 1.21 bits per heavy atom. The van der Waals surface area contributed by atoms with Crippen LogP contribution in [0.3, 0.4) is 0 Å². The van der Waals surface area contributed by atoms with Gasteiger partial charge >= 0.3 is 0 Å². The number of phenols is 2. The molecule has 0 atom stereocenters. The predicted molar refractivity (Wildman–Crippen MR) is 113 cm³/mol. The Hall–Kier alpha value is -3.68. The number of amides is 2. The van der Waals surface area contributed by atoms with Gasteiger partial charge in [-0.1, -0.05) is 31.2 Å². The number of nitrogens with zero attached hydrogens (tertiary/aromatic N) is 2. The quantitative estimate of drug-likeness (QED) is 0.455. The SMILES string of the molecule is CC(C)=NNC(=O)c1ccccc1O.CCC(C)=NNC(=O)c1ccccc1O. The summed E-state index contributed by atoms with van der Waals surface area (Å²) < 4.78 is 0. The van der Waals surface area contributed by atoms with E-state index in [0.29, 0.717) is 0 Å². The van der Waals surface area contributed by atoms with Gasteiger partial charge in [0.15, 0.2) is 0 Å². The van der Waals surface area contributed by atoms with E-state index in [1.165, 1.54) is 18.2 Å². The highest BCUT2D eigenvalue weighted by Gasteiger charge is 2.09. The number of nitrogens with one attached hydrogen (secondary N) is 2. The average Bonchev–Trinajstić information content (AvgIpc) is 2.71. The molecule has 0 aliphatic carbocycles. The van der Waals surface area contributed by atoms with Gasteiger partial charge in [-0.25, -0.2) is 10.9 Å². The number of hydrazone groups is 2. The van der Waals surface area contributed by atoms with E-state index in [1.54, 1.807) is 44.2 Å². The summed E-state index contributed by atoms with van der Waals surface area (Å²) in [7, 11) is 0. The molecular formula is C21H26N4O4. The fraction of sp³-hybridized carbons (Fsp3) is 0.238. The average molecular weight is 398 g/mol. The minimum absolute atomic E-state index is 0.0423. The second kappa shape index (κ2) is 11.9. The highest BCUT2D eigenvalue weighted by atomic mass is 16.3. The van der Waals surface area contributed by atoms with Crippen LogP contribution < -0.4 is 10.9 Å². The third-order valence-electron chi connectivity index (χ3n) is 3.54. The first kappa shape index (κ1) is 23.4. The highest BCUT2D eigenvalue weighted by molar-refractivity contribution is 5.98. The molecule has 0 saturated heterocycles. The van der Waals surface area contributed by atoms with Crippen molar-refractivity contribution in [1.29, 1.82) is 0 Å². The van der Waals surface area contributed by atoms with Gasteiger partial charge in [-0.3, -0.25) is 9.59 Å². The first-order chi connectivity index (χ1) is 13.8. The molecule has 0 bridgehead atoms. The van der Waals surface area contributed by atoms with E-state index < -0.39 is 11.8 Å². The van der Waals surface area contributed by atoms with Crippen LogP contribution >= 0.6 is 0 Å². The zero-order valence-electron chi connectivity index (χ0n) is 16.9. The fourth-order valence-electron chi connectivity index (χ4n) is 1.84. The van der Waals surface area contributed by atoms with E-state index in [4.69, 9.17) is 0 Å². The summed E-state index contributed by atoms with van der Waals surface area (Å²) in [6.07, 6.45) is 0.779. The molecule has 4 N–H and O–H groups in total. The second-order valence-corrected chi connectivity index (χ2v) is 6.18. The van der Waals surface area contributed by atoms with Crippen molar-refractivity contribution in [2.24, 2.45) is 10.2 Å². The summed E-state index contributed by atoms with van der Waals surface area (Å²) in [6, 6.07) is 12.7. The van der Waals surface area contributed by atoms with Gasteiger partial charge in [0.25, 0.3) is 11.8 Å². The van der Waals surface area contributed by atoms with Gasteiger partial charge in [0.1, 0.15) is 11.5 Å². The molecule has 2 amide bonds. The van der Waals surface area contributed by atoms with Crippen molar-refractivity contribution in [3.8, 4) is 11.5 Å². The van der Waals surface area contributed by atoms with Gasteiger partial charge in [0, 0.05) is 11.4 Å². The van der Waals surface area contributed by atoms with E-state index in [9.17, 15) is 19.8 Å². The largest absolute Gasteiger partial charge is 0.507 e. The lowest BCUT2D eigenvalue weighted by molar-refractivity contribution is 0.0943. The molecule has 0 heterocycles. The van der Waals surface area contributed by atoms with Gasteiger partial charge in [-0.2, -0.15) is 10.2 Å². The summed E-state index contributed by atoms with van der Waals surface area (Å²) in [5.41, 5.74) is 6.73. The Morgan fingerprint density at radius 1 is 0.793 bits per heavy atom. The lowest BCUT2D eigenvalue weighted by Crippen LogP contribution is -2.18. The van der Waals surface area contributed by atoms with Gasteiger partial charge in [-0.15, -0.1) is 0 Å². The number of carbonyl (C=O) groups is 2. The predicted octanol–water partition coefficient (Wildman–Crippen LogP) is 3.43. The Morgan fingerprint density at radius 3 is 1.59 bits per heavy atom. The zero-order valence-corrected chi connectivity index (χ0v) is 16.9. The van der Waals surface area contributed by atoms with Crippen LogP contribution in [0.1, 0.15) is 54.8 Å². The minimum Gasteiger partial charge on any atom is -0.507 e. The summed E-state index contributed by atoms with van der Waals surface area (Å²) in [5, 5.41) is 26.3. The maximum absolute atomic E-state index is 11.5. The fourth-order valence-corrected chi connectivity index (χ4v) is 1.84. The molecule has 154 valence electrons. The van der Waals surface area contributed by atoms with Crippen LogP contribution in [0.4, 0.5) is 0 Å². The third kappa shape index (κ3) is 8.25. The number of rotatable bonds is 5. The standard InChI is InChI=1S/C11H14N2O2.C10H12N2O2/c1-3-8(2)12-13-11(15)9-6-4-5-7-10(9)14;1-7(2)11-12-10(14)8-5-3-4-6-9(8)13/h4-7,14H,3H2,1-2H3,(H,13,15);3-6,13H,1-2H3,(H,12,14). The lowest BCUT2D eigenvalue weighted by atomic mass is 10.2. The maximum Gasteiger partial charge on any atom is 0.275 e. The third-order valence-corrected chi connectivity index (χ3v) is 3.54. The monoisotopic (exact) mass is 398 g/mol. The zero-order chi connectivity index (χ0) is 21.8. The van der Waals surface area contributed by atoms with Gasteiger partial charge < -0.3 is 10.2 Å². The molecular weight excluding hydrogens is 372 g/mol. The van der Waals surface area contributed by atoms with Crippen molar-refractivity contribution in [3.05, 3.63) is 59.7 Å². The van der Waals surface area contributed by atoms with Crippen molar-refractivity contribution in [2.75, 3.05) is 0 Å². The number of carbonyl (C=O) groups excluding carboxylic acids is 2. The van der Waals surface area contributed by atoms with Crippen LogP contribution in [0.15, 0.2) is 58.7 Å². The highest BCUT2D eigenvalue weighted by Crippen LogP contribution is 2.15. The number of benzene rings is 2. The molecule has 0 aliphatic rings. The molecule has 2 aromatic carbocycles. The molecule has 29 heavy (non-hydrogen) atoms. The van der Waals surface area contributed by atoms with E-state index in [-0.39, 0.29) is 22.6 Å². The Kier molecular flexibility index (Phi) is 9.60. The number of phenolic OH excluding ortho intramolecular Hbond substituents is 2. The molecule has 0 fully saturated rings. The van der Waals surface area contributed by atoms with Crippen molar-refractivity contribution >= 4 is 23.2 Å². The van der Waals surface area contributed by atoms with E-state index >= 15 is 0 Å². The smallest absolute Gasteiger partial charge is 0.275 e. The van der Waals surface area contributed by atoms with E-state index in [1.807, 2.05) is 13.8 Å². The first-order valence-electron chi connectivity index (χ1n) is 8.97. The topological polar surface area (TPSA) is 123 Å². The molecule has 0 radical (unpaired) electrons. The molecule has 0 aliphatic heterocycles. The first-order valence-corrected chi connectivity index (χ1v) is 8.97. The Labute approximate surface area is 170 Å². The lowest BCUT2D eigenvalue weighted by Gasteiger charge is -2.02. The molecule has 0 spiro atoms. The summed E-state index contributed by atoms with van der Waals surface area (Å²) in [4.78, 5) is 22.9. The summed E-state index contributed by atoms with van der Waals surface area (Å²) >= 11 is 0. The van der Waals surface area contributed by atoms with Gasteiger partial charge in [-0.05, 0) is 51.5 Å². The van der Waals surface area contributed by atoms with E-state index in [2.05, 4.69) is 21.1 Å². The van der Waals surface area contributed by atoms with Crippen molar-refractivity contribution in [3.63, 3.8) is 0 Å². The number of para-hydroxylation sites is 2. The second-order valence-electron chi connectivity index (χ2n) is 6.18. The number of hydrogen-bond donors (Lipinski definition) is 4. The molecule has 0 saturated carbocycles. The molecule has 8 nitrogen and oxygen atoms in total. The normalized spacial score (nSPS) is 10.3. The van der Waals surface area contributed by atoms with Crippen molar-refractivity contribution in [2.45, 2.75) is 34.1 Å². The molecule has 2 aromatic rings. The van der Waals surface area contributed by atoms with Crippen LogP contribution in [0.5, 0.6) is 11.5 Å².